The van der Waals surface area contributed by atoms with Crippen LogP contribution >= 0.6 is 11.6 Å². The van der Waals surface area contributed by atoms with Crippen molar-refractivity contribution in [2.75, 3.05) is 20.1 Å². The summed E-state index contributed by atoms with van der Waals surface area (Å²) in [5.74, 6) is 3.34. The highest BCUT2D eigenvalue weighted by Crippen LogP contribution is 2.24. The van der Waals surface area contributed by atoms with E-state index < -0.39 is 0 Å². The third-order valence-corrected chi connectivity index (χ3v) is 4.55. The molecule has 0 aliphatic rings. The van der Waals surface area contributed by atoms with Gasteiger partial charge in [0, 0.05) is 20.0 Å². The number of hydrogen-bond donors (Lipinski definition) is 3. The van der Waals surface area contributed by atoms with Crippen molar-refractivity contribution in [2.24, 2.45) is 4.99 Å². The quantitative estimate of drug-likeness (QED) is 0.365. The van der Waals surface area contributed by atoms with Gasteiger partial charge in [0.15, 0.2) is 11.7 Å². The zero-order valence-corrected chi connectivity index (χ0v) is 17.2. The maximum Gasteiger partial charge on any atom is 0.216 e. The van der Waals surface area contributed by atoms with Crippen LogP contribution in [0.1, 0.15) is 19.2 Å². The standard InChI is InChI=1S/C20H25ClN6O2/c1-3-14(29-16-8-5-4-7-15(16)21)13-24-20(22-2)23-11-10-18-25-19(27-26-18)17-9-6-12-28-17/h4-9,12,14H,3,10-11,13H2,1-2H3,(H2,22,23,24)(H,25,26,27). The Balaban J connectivity index is 1.43. The molecule has 29 heavy (non-hydrogen) atoms. The highest BCUT2D eigenvalue weighted by Gasteiger charge is 2.12. The van der Waals surface area contributed by atoms with Crippen LogP contribution in [0.3, 0.4) is 0 Å². The van der Waals surface area contributed by atoms with E-state index in [9.17, 15) is 0 Å². The fourth-order valence-corrected chi connectivity index (χ4v) is 2.82. The Kier molecular flexibility index (Phi) is 7.52. The van der Waals surface area contributed by atoms with E-state index >= 15 is 0 Å². The summed E-state index contributed by atoms with van der Waals surface area (Å²) in [7, 11) is 1.73. The van der Waals surface area contributed by atoms with Crippen LogP contribution in [0.2, 0.25) is 5.02 Å². The van der Waals surface area contributed by atoms with Gasteiger partial charge in [-0.25, -0.2) is 4.98 Å². The second-order valence-corrected chi connectivity index (χ2v) is 6.70. The number of benzene rings is 1. The van der Waals surface area contributed by atoms with E-state index in [-0.39, 0.29) is 6.10 Å². The number of rotatable bonds is 9. The van der Waals surface area contributed by atoms with Crippen molar-refractivity contribution < 1.29 is 9.15 Å². The Hall–Kier alpha value is -3.00. The van der Waals surface area contributed by atoms with E-state index in [1.807, 2.05) is 36.4 Å². The summed E-state index contributed by atoms with van der Waals surface area (Å²) in [5.41, 5.74) is 0. The number of hydrogen-bond acceptors (Lipinski definition) is 5. The molecule has 0 saturated heterocycles. The van der Waals surface area contributed by atoms with E-state index in [2.05, 4.69) is 37.7 Å². The molecular formula is C20H25ClN6O2. The molecule has 3 aromatic rings. The molecule has 8 nitrogen and oxygen atoms in total. The average Bonchev–Trinajstić information content (AvgIpc) is 3.42. The number of nitrogens with one attached hydrogen (secondary N) is 3. The van der Waals surface area contributed by atoms with Gasteiger partial charge in [0.2, 0.25) is 5.82 Å². The second-order valence-electron chi connectivity index (χ2n) is 6.29. The lowest BCUT2D eigenvalue weighted by Gasteiger charge is -2.20. The smallest absolute Gasteiger partial charge is 0.216 e. The molecule has 0 radical (unpaired) electrons. The van der Waals surface area contributed by atoms with Crippen molar-refractivity contribution in [1.82, 2.24) is 25.8 Å². The fraction of sp³-hybridized carbons (Fsp3) is 0.350. The molecule has 2 heterocycles. The van der Waals surface area contributed by atoms with Crippen molar-refractivity contribution in [3.05, 3.63) is 53.5 Å². The van der Waals surface area contributed by atoms with E-state index in [0.29, 0.717) is 47.8 Å². The molecule has 0 aliphatic carbocycles. The Bertz CT molecular complexity index is 909. The number of halogens is 1. The van der Waals surface area contributed by atoms with Gasteiger partial charge < -0.3 is 19.8 Å². The number of H-pyrrole nitrogens is 1. The predicted octanol–water partition coefficient (Wildman–Crippen LogP) is 3.28. The number of ether oxygens (including phenoxy) is 1. The van der Waals surface area contributed by atoms with E-state index in [1.165, 1.54) is 0 Å². The van der Waals surface area contributed by atoms with Crippen LogP contribution in [-0.4, -0.2) is 47.4 Å². The van der Waals surface area contributed by atoms with Crippen LogP contribution in [0, 0.1) is 0 Å². The van der Waals surface area contributed by atoms with Gasteiger partial charge in [0.05, 0.1) is 17.8 Å². The van der Waals surface area contributed by atoms with Crippen LogP contribution in [0.4, 0.5) is 0 Å². The zero-order chi connectivity index (χ0) is 20.5. The summed E-state index contributed by atoms with van der Waals surface area (Å²) < 4.78 is 11.3. The Morgan fingerprint density at radius 3 is 2.86 bits per heavy atom. The molecule has 0 saturated carbocycles. The van der Waals surface area contributed by atoms with Gasteiger partial charge in [-0.3, -0.25) is 10.1 Å². The fourth-order valence-electron chi connectivity index (χ4n) is 2.64. The molecule has 0 amide bonds. The van der Waals surface area contributed by atoms with Gasteiger partial charge in [-0.1, -0.05) is 30.7 Å². The molecular weight excluding hydrogens is 392 g/mol. The molecule has 3 N–H and O–H groups in total. The maximum atomic E-state index is 6.17. The highest BCUT2D eigenvalue weighted by atomic mass is 35.5. The third-order valence-electron chi connectivity index (χ3n) is 4.23. The van der Waals surface area contributed by atoms with E-state index in [1.54, 1.807) is 13.3 Å². The topological polar surface area (TPSA) is 100 Å². The first-order chi connectivity index (χ1) is 14.2. The van der Waals surface area contributed by atoms with Crippen LogP contribution in [0.15, 0.2) is 52.1 Å². The SMILES string of the molecule is CCC(CNC(=NC)NCCc1nc(-c2ccco2)n[nH]1)Oc1ccccc1Cl. The first-order valence-electron chi connectivity index (χ1n) is 9.50. The van der Waals surface area contributed by atoms with Crippen molar-refractivity contribution >= 4 is 17.6 Å². The number of guanidine groups is 1. The normalized spacial score (nSPS) is 12.6. The van der Waals surface area contributed by atoms with Gasteiger partial charge in [-0.05, 0) is 30.7 Å². The zero-order valence-electron chi connectivity index (χ0n) is 16.5. The highest BCUT2D eigenvalue weighted by molar-refractivity contribution is 6.32. The van der Waals surface area contributed by atoms with Crippen molar-refractivity contribution in [1.29, 1.82) is 0 Å². The van der Waals surface area contributed by atoms with Gasteiger partial charge in [0.25, 0.3) is 0 Å². The lowest BCUT2D eigenvalue weighted by Crippen LogP contribution is -2.43. The number of aromatic nitrogens is 3. The lowest BCUT2D eigenvalue weighted by atomic mass is 10.2. The summed E-state index contributed by atoms with van der Waals surface area (Å²) in [6.45, 7) is 3.32. The summed E-state index contributed by atoms with van der Waals surface area (Å²) in [4.78, 5) is 8.67. The first-order valence-corrected chi connectivity index (χ1v) is 9.88. The number of aliphatic imine (C=N–C) groups is 1. The first kappa shape index (κ1) is 20.7. The molecule has 3 rings (SSSR count). The minimum atomic E-state index is -0.0291. The van der Waals surface area contributed by atoms with E-state index in [0.717, 1.165) is 12.2 Å². The van der Waals surface area contributed by atoms with Gasteiger partial charge in [0.1, 0.15) is 17.7 Å². The molecule has 0 fully saturated rings. The Labute approximate surface area is 174 Å². The molecule has 2 aromatic heterocycles. The minimum absolute atomic E-state index is 0.0291. The van der Waals surface area contributed by atoms with E-state index in [4.69, 9.17) is 20.8 Å². The molecule has 0 aliphatic heterocycles. The number of aromatic amines is 1. The van der Waals surface area contributed by atoms with Gasteiger partial charge in [-0.2, -0.15) is 5.10 Å². The predicted molar refractivity (Wildman–Crippen MR) is 113 cm³/mol. The van der Waals surface area contributed by atoms with Gasteiger partial charge >= 0.3 is 0 Å². The van der Waals surface area contributed by atoms with Gasteiger partial charge in [-0.15, -0.1) is 0 Å². The van der Waals surface area contributed by atoms with Crippen LogP contribution in [0.5, 0.6) is 5.75 Å². The molecule has 0 bridgehead atoms. The monoisotopic (exact) mass is 416 g/mol. The third kappa shape index (κ3) is 5.99. The molecule has 9 heteroatoms. The van der Waals surface area contributed by atoms with Crippen molar-refractivity contribution in [2.45, 2.75) is 25.9 Å². The number of para-hydroxylation sites is 1. The summed E-state index contributed by atoms with van der Waals surface area (Å²) in [5, 5.41) is 14.2. The largest absolute Gasteiger partial charge is 0.487 e. The van der Waals surface area contributed by atoms with Crippen LogP contribution in [-0.2, 0) is 6.42 Å². The molecule has 0 spiro atoms. The van der Waals surface area contributed by atoms with Crippen molar-refractivity contribution in [3.8, 4) is 17.3 Å². The Morgan fingerprint density at radius 1 is 1.28 bits per heavy atom. The molecule has 1 atom stereocenters. The summed E-state index contributed by atoms with van der Waals surface area (Å²) >= 11 is 6.17. The Morgan fingerprint density at radius 2 is 2.14 bits per heavy atom. The molecule has 154 valence electrons. The number of furan rings is 1. The summed E-state index contributed by atoms with van der Waals surface area (Å²) in [6, 6.07) is 11.1. The average molecular weight is 417 g/mol. The molecule has 1 aromatic carbocycles. The van der Waals surface area contributed by atoms with Crippen molar-refractivity contribution in [3.63, 3.8) is 0 Å². The van der Waals surface area contributed by atoms with Crippen LogP contribution < -0.4 is 15.4 Å². The minimum Gasteiger partial charge on any atom is -0.487 e. The number of nitrogens with zero attached hydrogens (tertiary/aromatic N) is 3. The van der Waals surface area contributed by atoms with Crippen LogP contribution in [0.25, 0.3) is 11.6 Å². The lowest BCUT2D eigenvalue weighted by molar-refractivity contribution is 0.199. The summed E-state index contributed by atoms with van der Waals surface area (Å²) in [6.07, 6.45) is 3.07. The maximum absolute atomic E-state index is 6.17. The second kappa shape index (κ2) is 10.5. The molecule has 1 unspecified atom stereocenters.